The predicted octanol–water partition coefficient (Wildman–Crippen LogP) is 3.56. The second-order valence-corrected chi connectivity index (χ2v) is 6.52. The molecule has 0 amide bonds. The van der Waals surface area contributed by atoms with Gasteiger partial charge in [0.05, 0.1) is 4.47 Å². The number of piperazine rings is 1. The van der Waals surface area contributed by atoms with Crippen LogP contribution in [0.1, 0.15) is 26.2 Å². The summed E-state index contributed by atoms with van der Waals surface area (Å²) in [5.41, 5.74) is 1.13. The van der Waals surface area contributed by atoms with Crippen LogP contribution in [0, 0.1) is 11.7 Å². The molecule has 19 heavy (non-hydrogen) atoms. The van der Waals surface area contributed by atoms with Gasteiger partial charge in [-0.25, -0.2) is 4.39 Å². The van der Waals surface area contributed by atoms with Crippen molar-refractivity contribution in [1.29, 1.82) is 0 Å². The second-order valence-electron chi connectivity index (χ2n) is 5.67. The quantitative estimate of drug-likeness (QED) is 0.913. The minimum absolute atomic E-state index is 0.189. The van der Waals surface area contributed by atoms with Crippen molar-refractivity contribution in [2.75, 3.05) is 18.0 Å². The van der Waals surface area contributed by atoms with E-state index in [-0.39, 0.29) is 5.82 Å². The largest absolute Gasteiger partial charge is 0.366 e. The summed E-state index contributed by atoms with van der Waals surface area (Å²) in [5.74, 6) is 0.662. The molecular formula is C15H20BrFN2. The van der Waals surface area contributed by atoms with Crippen LogP contribution in [0.5, 0.6) is 0 Å². The number of benzene rings is 1. The standard InChI is InChI=1S/C15H20BrFN2/c1-2-11-8-18-15(10-3-4-10)9-19(11)12-5-6-14(17)13(16)7-12/h5-7,10-11,15,18H,2-4,8-9H2,1H3. The van der Waals surface area contributed by atoms with Crippen molar-refractivity contribution in [3.8, 4) is 0 Å². The van der Waals surface area contributed by atoms with Gasteiger partial charge >= 0.3 is 0 Å². The van der Waals surface area contributed by atoms with Crippen molar-refractivity contribution >= 4 is 21.6 Å². The number of nitrogens with one attached hydrogen (secondary N) is 1. The second kappa shape index (κ2) is 5.41. The number of hydrogen-bond donors (Lipinski definition) is 1. The summed E-state index contributed by atoms with van der Waals surface area (Å²) < 4.78 is 13.9. The van der Waals surface area contributed by atoms with E-state index in [2.05, 4.69) is 33.1 Å². The maximum Gasteiger partial charge on any atom is 0.137 e. The molecule has 2 aliphatic rings. The molecule has 2 atom stereocenters. The number of rotatable bonds is 3. The molecule has 1 heterocycles. The lowest BCUT2D eigenvalue weighted by Crippen LogP contribution is -2.57. The molecule has 2 nitrogen and oxygen atoms in total. The maximum absolute atomic E-state index is 13.4. The van der Waals surface area contributed by atoms with E-state index in [0.717, 1.165) is 31.1 Å². The molecule has 1 saturated carbocycles. The normalized spacial score (nSPS) is 27.6. The number of nitrogens with zero attached hydrogens (tertiary/aromatic N) is 1. The van der Waals surface area contributed by atoms with Gasteiger partial charge in [0.25, 0.3) is 0 Å². The lowest BCUT2D eigenvalue weighted by Gasteiger charge is -2.42. The highest BCUT2D eigenvalue weighted by atomic mass is 79.9. The molecule has 0 radical (unpaired) electrons. The molecule has 0 bridgehead atoms. The van der Waals surface area contributed by atoms with E-state index in [1.807, 2.05) is 12.1 Å². The van der Waals surface area contributed by atoms with Crippen molar-refractivity contribution in [2.45, 2.75) is 38.3 Å². The van der Waals surface area contributed by atoms with Gasteiger partial charge in [0.15, 0.2) is 0 Å². The van der Waals surface area contributed by atoms with Gasteiger partial charge in [0, 0.05) is 30.9 Å². The van der Waals surface area contributed by atoms with Gasteiger partial charge in [-0.1, -0.05) is 6.92 Å². The predicted molar refractivity (Wildman–Crippen MR) is 80.0 cm³/mol. The summed E-state index contributed by atoms with van der Waals surface area (Å²) in [5, 5.41) is 3.68. The number of hydrogen-bond acceptors (Lipinski definition) is 2. The van der Waals surface area contributed by atoms with Crippen molar-refractivity contribution in [2.24, 2.45) is 5.92 Å². The Balaban J connectivity index is 1.82. The van der Waals surface area contributed by atoms with Gasteiger partial charge in [-0.3, -0.25) is 0 Å². The topological polar surface area (TPSA) is 15.3 Å². The van der Waals surface area contributed by atoms with Crippen LogP contribution >= 0.6 is 15.9 Å². The first-order valence-electron chi connectivity index (χ1n) is 7.14. The minimum atomic E-state index is -0.189. The summed E-state index contributed by atoms with van der Waals surface area (Å²) >= 11 is 3.29. The zero-order valence-corrected chi connectivity index (χ0v) is 12.8. The summed E-state index contributed by atoms with van der Waals surface area (Å²) in [6.07, 6.45) is 3.82. The van der Waals surface area contributed by atoms with E-state index < -0.39 is 0 Å². The Morgan fingerprint density at radius 3 is 2.84 bits per heavy atom. The molecule has 2 unspecified atom stereocenters. The molecule has 4 heteroatoms. The molecule has 2 fully saturated rings. The number of halogens is 2. The van der Waals surface area contributed by atoms with Crippen molar-refractivity contribution in [1.82, 2.24) is 5.32 Å². The van der Waals surface area contributed by atoms with Crippen LogP contribution in [-0.2, 0) is 0 Å². The average Bonchev–Trinajstić information content (AvgIpc) is 3.26. The molecular weight excluding hydrogens is 307 g/mol. The van der Waals surface area contributed by atoms with E-state index in [1.165, 1.54) is 12.8 Å². The van der Waals surface area contributed by atoms with Crippen LogP contribution in [0.15, 0.2) is 22.7 Å². The Labute approximate surface area is 122 Å². The highest BCUT2D eigenvalue weighted by Crippen LogP contribution is 2.36. The van der Waals surface area contributed by atoms with Crippen LogP contribution in [-0.4, -0.2) is 25.2 Å². The molecule has 1 aliphatic carbocycles. The molecule has 1 N–H and O–H groups in total. The Hall–Kier alpha value is -0.610. The van der Waals surface area contributed by atoms with Crippen LogP contribution in [0.25, 0.3) is 0 Å². The van der Waals surface area contributed by atoms with Crippen molar-refractivity contribution in [3.05, 3.63) is 28.5 Å². The fourth-order valence-electron chi connectivity index (χ4n) is 2.98. The zero-order chi connectivity index (χ0) is 13.4. The first-order chi connectivity index (χ1) is 9.19. The molecule has 1 aromatic carbocycles. The molecule has 0 aromatic heterocycles. The minimum Gasteiger partial charge on any atom is -0.366 e. The summed E-state index contributed by atoms with van der Waals surface area (Å²) in [7, 11) is 0. The SMILES string of the molecule is CCC1CNC(C2CC2)CN1c1ccc(F)c(Br)c1. The zero-order valence-electron chi connectivity index (χ0n) is 11.2. The van der Waals surface area contributed by atoms with Crippen LogP contribution in [0.2, 0.25) is 0 Å². The van der Waals surface area contributed by atoms with Crippen molar-refractivity contribution < 1.29 is 4.39 Å². The molecule has 0 spiro atoms. The molecule has 1 aromatic rings. The smallest absolute Gasteiger partial charge is 0.137 e. The fraction of sp³-hybridized carbons (Fsp3) is 0.600. The average molecular weight is 327 g/mol. The first-order valence-corrected chi connectivity index (χ1v) is 7.93. The third-order valence-electron chi connectivity index (χ3n) is 4.35. The Kier molecular flexibility index (Phi) is 3.81. The van der Waals surface area contributed by atoms with Crippen LogP contribution < -0.4 is 10.2 Å². The summed E-state index contributed by atoms with van der Waals surface area (Å²) in [6, 6.07) is 6.48. The van der Waals surface area contributed by atoms with Gasteiger partial charge in [-0.05, 0) is 59.3 Å². The molecule has 1 aliphatic heterocycles. The van der Waals surface area contributed by atoms with Crippen LogP contribution in [0.3, 0.4) is 0 Å². The Morgan fingerprint density at radius 1 is 1.42 bits per heavy atom. The number of anilines is 1. The van der Waals surface area contributed by atoms with Gasteiger partial charge in [0.1, 0.15) is 5.82 Å². The van der Waals surface area contributed by atoms with E-state index in [0.29, 0.717) is 16.6 Å². The Morgan fingerprint density at radius 2 is 2.21 bits per heavy atom. The maximum atomic E-state index is 13.4. The Bertz CT molecular complexity index is 461. The van der Waals surface area contributed by atoms with Gasteiger partial charge in [-0.2, -0.15) is 0 Å². The van der Waals surface area contributed by atoms with Crippen molar-refractivity contribution in [3.63, 3.8) is 0 Å². The highest BCUT2D eigenvalue weighted by Gasteiger charge is 2.36. The van der Waals surface area contributed by atoms with E-state index in [9.17, 15) is 4.39 Å². The van der Waals surface area contributed by atoms with Crippen LogP contribution in [0.4, 0.5) is 10.1 Å². The monoisotopic (exact) mass is 326 g/mol. The summed E-state index contributed by atoms with van der Waals surface area (Å²) in [4.78, 5) is 2.45. The molecule has 104 valence electrons. The third kappa shape index (κ3) is 2.79. The molecule has 1 saturated heterocycles. The third-order valence-corrected chi connectivity index (χ3v) is 4.95. The van der Waals surface area contributed by atoms with Gasteiger partial charge < -0.3 is 10.2 Å². The summed E-state index contributed by atoms with van der Waals surface area (Å²) in [6.45, 7) is 4.29. The van der Waals surface area contributed by atoms with Gasteiger partial charge in [0.2, 0.25) is 0 Å². The fourth-order valence-corrected chi connectivity index (χ4v) is 3.35. The van der Waals surface area contributed by atoms with E-state index in [1.54, 1.807) is 6.07 Å². The first kappa shape index (κ1) is 13.4. The highest BCUT2D eigenvalue weighted by molar-refractivity contribution is 9.10. The van der Waals surface area contributed by atoms with E-state index >= 15 is 0 Å². The van der Waals surface area contributed by atoms with Gasteiger partial charge in [-0.15, -0.1) is 0 Å². The molecule has 3 rings (SSSR count). The lowest BCUT2D eigenvalue weighted by molar-refractivity contribution is 0.359. The van der Waals surface area contributed by atoms with E-state index in [4.69, 9.17) is 0 Å². The lowest BCUT2D eigenvalue weighted by atomic mass is 10.0.